The van der Waals surface area contributed by atoms with E-state index in [1.54, 1.807) is 6.20 Å². The van der Waals surface area contributed by atoms with Crippen LogP contribution in [0.5, 0.6) is 0 Å². The van der Waals surface area contributed by atoms with Crippen molar-refractivity contribution in [2.24, 2.45) is 0 Å². The summed E-state index contributed by atoms with van der Waals surface area (Å²) < 4.78 is 0. The minimum absolute atomic E-state index is 0.738. The zero-order valence-corrected chi connectivity index (χ0v) is 21.1. The number of hydrogen-bond acceptors (Lipinski definition) is 5. The molecule has 0 atom stereocenters. The van der Waals surface area contributed by atoms with Crippen LogP contribution in [0.4, 0.5) is 5.69 Å². The van der Waals surface area contributed by atoms with Crippen LogP contribution in [0.3, 0.4) is 0 Å². The molecule has 7 heteroatoms. The molecule has 5 heterocycles. The van der Waals surface area contributed by atoms with Gasteiger partial charge in [0.05, 0.1) is 28.8 Å². The number of fused-ring (bicyclic) bond motifs is 2. The Morgan fingerprint density at radius 3 is 2.82 bits per heavy atom. The fraction of sp³-hybridized carbons (Fsp3) is 0.0625. The Morgan fingerprint density at radius 1 is 1.03 bits per heavy atom. The zero-order valence-electron chi connectivity index (χ0n) is 21.1. The molecule has 1 aromatic carbocycles. The molecule has 5 aromatic heterocycles. The van der Waals surface area contributed by atoms with Crippen LogP contribution in [0.15, 0.2) is 110 Å². The molecule has 0 unspecified atom stereocenters. The molecule has 0 spiro atoms. The van der Waals surface area contributed by atoms with Gasteiger partial charge in [-0.15, -0.1) is 0 Å². The van der Waals surface area contributed by atoms with E-state index in [9.17, 15) is 0 Å². The average Bonchev–Trinajstić information content (AvgIpc) is 3.73. The highest BCUT2D eigenvalue weighted by atomic mass is 15.1. The molecule has 7 nitrogen and oxygen atoms in total. The summed E-state index contributed by atoms with van der Waals surface area (Å²) in [6.45, 7) is 4.19. The molecule has 0 radical (unpaired) electrons. The number of benzene rings is 1. The molecule has 7 rings (SSSR count). The van der Waals surface area contributed by atoms with Gasteiger partial charge < -0.3 is 10.3 Å². The zero-order chi connectivity index (χ0) is 26.2. The van der Waals surface area contributed by atoms with Gasteiger partial charge in [0, 0.05) is 35.5 Å². The Bertz CT molecular complexity index is 1910. The standard InChI is InChI=1S/C32H25N7/c1-20(15-21-7-3-2-4-8-21)35-24-16-23(18-33-19-24)27-11-12-28-30(36-27)31(39-38-28)29-17-26-25(22-9-5-6-10-22)13-14-34-32(26)37-29/h2-5,7-14,16-19,35H,1,6,15H2,(H,34,37)(H,38,39). The second kappa shape index (κ2) is 9.54. The Labute approximate surface area is 225 Å². The van der Waals surface area contributed by atoms with Crippen molar-refractivity contribution >= 4 is 33.3 Å². The van der Waals surface area contributed by atoms with E-state index in [1.165, 1.54) is 11.1 Å². The van der Waals surface area contributed by atoms with Gasteiger partial charge in [-0.1, -0.05) is 55.1 Å². The molecule has 0 aliphatic heterocycles. The van der Waals surface area contributed by atoms with Crippen molar-refractivity contribution in [1.82, 2.24) is 30.1 Å². The summed E-state index contributed by atoms with van der Waals surface area (Å²) in [6.07, 6.45) is 13.7. The summed E-state index contributed by atoms with van der Waals surface area (Å²) in [5, 5.41) is 12.2. The summed E-state index contributed by atoms with van der Waals surface area (Å²) >= 11 is 0. The van der Waals surface area contributed by atoms with E-state index in [4.69, 9.17) is 4.98 Å². The SMILES string of the molecule is C=C(Cc1ccccc1)Nc1cncc(-c2ccc3[nH]nc(-c4cc5c(C6=CCC=C6)ccnc5[nH]4)c3n2)c1. The smallest absolute Gasteiger partial charge is 0.138 e. The van der Waals surface area contributed by atoms with Crippen molar-refractivity contribution in [3.05, 3.63) is 121 Å². The molecular formula is C32H25N7. The lowest BCUT2D eigenvalue weighted by atomic mass is 10.0. The Morgan fingerprint density at radius 2 is 1.95 bits per heavy atom. The van der Waals surface area contributed by atoms with Crippen LogP contribution >= 0.6 is 0 Å². The number of aromatic amines is 2. The van der Waals surface area contributed by atoms with Crippen LogP contribution in [0.1, 0.15) is 17.5 Å². The molecule has 1 aliphatic rings. The van der Waals surface area contributed by atoms with E-state index in [0.717, 1.165) is 74.5 Å². The fourth-order valence-electron chi connectivity index (χ4n) is 5.05. The first-order valence-corrected chi connectivity index (χ1v) is 12.9. The first kappa shape index (κ1) is 22.9. The van der Waals surface area contributed by atoms with Crippen molar-refractivity contribution in [3.63, 3.8) is 0 Å². The van der Waals surface area contributed by atoms with Crippen LogP contribution in [0.25, 0.3) is 50.3 Å². The van der Waals surface area contributed by atoms with Gasteiger partial charge in [-0.3, -0.25) is 10.1 Å². The van der Waals surface area contributed by atoms with E-state index < -0.39 is 0 Å². The summed E-state index contributed by atoms with van der Waals surface area (Å²) in [5.41, 5.74) is 11.2. The van der Waals surface area contributed by atoms with Crippen LogP contribution in [-0.4, -0.2) is 30.1 Å². The van der Waals surface area contributed by atoms with Gasteiger partial charge in [-0.2, -0.15) is 5.10 Å². The van der Waals surface area contributed by atoms with E-state index in [0.29, 0.717) is 0 Å². The molecule has 0 bridgehead atoms. The van der Waals surface area contributed by atoms with E-state index >= 15 is 0 Å². The van der Waals surface area contributed by atoms with Crippen molar-refractivity contribution in [1.29, 1.82) is 0 Å². The minimum atomic E-state index is 0.738. The van der Waals surface area contributed by atoms with Gasteiger partial charge in [-0.05, 0) is 53.5 Å². The molecule has 188 valence electrons. The third kappa shape index (κ3) is 4.40. The first-order valence-electron chi connectivity index (χ1n) is 12.9. The fourth-order valence-corrected chi connectivity index (χ4v) is 5.05. The maximum absolute atomic E-state index is 4.99. The van der Waals surface area contributed by atoms with Gasteiger partial charge in [0.25, 0.3) is 0 Å². The van der Waals surface area contributed by atoms with Crippen LogP contribution in [-0.2, 0) is 6.42 Å². The second-order valence-corrected chi connectivity index (χ2v) is 9.62. The average molecular weight is 508 g/mol. The summed E-state index contributed by atoms with van der Waals surface area (Å²) in [4.78, 5) is 17.5. The number of hydrogen-bond donors (Lipinski definition) is 3. The van der Waals surface area contributed by atoms with E-state index in [2.05, 4.69) is 79.5 Å². The predicted octanol–water partition coefficient (Wildman–Crippen LogP) is 7.07. The molecule has 39 heavy (non-hydrogen) atoms. The highest BCUT2D eigenvalue weighted by Gasteiger charge is 2.16. The Hall–Kier alpha value is -5.30. The number of nitrogens with one attached hydrogen (secondary N) is 3. The topological polar surface area (TPSA) is 95.2 Å². The molecule has 0 saturated carbocycles. The lowest BCUT2D eigenvalue weighted by molar-refractivity contribution is 1.12. The highest BCUT2D eigenvalue weighted by Crippen LogP contribution is 2.33. The highest BCUT2D eigenvalue weighted by molar-refractivity contribution is 5.98. The summed E-state index contributed by atoms with van der Waals surface area (Å²) in [5.74, 6) is 0. The van der Waals surface area contributed by atoms with Gasteiger partial charge in [0.2, 0.25) is 0 Å². The molecule has 1 aliphatic carbocycles. The number of rotatable bonds is 7. The van der Waals surface area contributed by atoms with Crippen LogP contribution < -0.4 is 5.32 Å². The largest absolute Gasteiger partial charge is 0.358 e. The van der Waals surface area contributed by atoms with E-state index in [-0.39, 0.29) is 0 Å². The monoisotopic (exact) mass is 507 g/mol. The van der Waals surface area contributed by atoms with Gasteiger partial charge in [-0.25, -0.2) is 9.97 Å². The first-order chi connectivity index (χ1) is 19.2. The van der Waals surface area contributed by atoms with Gasteiger partial charge in [0.1, 0.15) is 16.9 Å². The normalized spacial score (nSPS) is 12.8. The number of nitrogens with zero attached hydrogens (tertiary/aromatic N) is 4. The lowest BCUT2D eigenvalue weighted by Crippen LogP contribution is -2.02. The number of anilines is 1. The second-order valence-electron chi connectivity index (χ2n) is 9.62. The van der Waals surface area contributed by atoms with Crippen LogP contribution in [0.2, 0.25) is 0 Å². The molecular weight excluding hydrogens is 482 g/mol. The molecule has 0 fully saturated rings. The third-order valence-electron chi connectivity index (χ3n) is 6.89. The molecule has 3 N–H and O–H groups in total. The van der Waals surface area contributed by atoms with Crippen molar-refractivity contribution in [3.8, 4) is 22.6 Å². The molecule has 0 saturated heterocycles. The molecule has 6 aromatic rings. The number of aromatic nitrogens is 6. The number of pyridine rings is 3. The van der Waals surface area contributed by atoms with Crippen molar-refractivity contribution in [2.45, 2.75) is 12.8 Å². The van der Waals surface area contributed by atoms with Gasteiger partial charge in [0.15, 0.2) is 0 Å². The Kier molecular flexibility index (Phi) is 5.59. The minimum Gasteiger partial charge on any atom is -0.358 e. The predicted molar refractivity (Wildman–Crippen MR) is 157 cm³/mol. The van der Waals surface area contributed by atoms with Gasteiger partial charge >= 0.3 is 0 Å². The van der Waals surface area contributed by atoms with Crippen molar-refractivity contribution in [2.75, 3.05) is 5.32 Å². The Balaban J connectivity index is 1.21. The summed E-state index contributed by atoms with van der Waals surface area (Å²) in [6, 6.07) is 20.5. The molecule has 0 amide bonds. The quantitative estimate of drug-likeness (QED) is 0.215. The number of allylic oxidation sites excluding steroid dienone is 5. The van der Waals surface area contributed by atoms with Crippen molar-refractivity contribution < 1.29 is 0 Å². The lowest BCUT2D eigenvalue weighted by Gasteiger charge is -2.11. The number of H-pyrrole nitrogens is 2. The maximum Gasteiger partial charge on any atom is 0.138 e. The summed E-state index contributed by atoms with van der Waals surface area (Å²) in [7, 11) is 0. The van der Waals surface area contributed by atoms with E-state index in [1.807, 2.05) is 48.8 Å². The maximum atomic E-state index is 4.99. The third-order valence-corrected chi connectivity index (χ3v) is 6.89. The van der Waals surface area contributed by atoms with Crippen LogP contribution in [0, 0.1) is 0 Å².